The number of H-pyrrole nitrogens is 1. The quantitative estimate of drug-likeness (QED) is 0.427. The molecule has 0 aliphatic heterocycles. The van der Waals surface area contributed by atoms with Crippen molar-refractivity contribution in [3.63, 3.8) is 0 Å². The third kappa shape index (κ3) is 3.22. The third-order valence-electron chi connectivity index (χ3n) is 3.87. The molecule has 3 aromatic heterocycles. The lowest BCUT2D eigenvalue weighted by Gasteiger charge is -2.07. The van der Waals surface area contributed by atoms with Crippen molar-refractivity contribution < 1.29 is 14.0 Å². The molecule has 136 valence electrons. The maximum atomic E-state index is 12.5. The number of hydrogen-bond donors (Lipinski definition) is 3. The topological polar surface area (TPSA) is 122 Å². The van der Waals surface area contributed by atoms with E-state index in [-0.39, 0.29) is 17.8 Å². The molecule has 0 aliphatic rings. The monoisotopic (exact) mass is 429 g/mol. The van der Waals surface area contributed by atoms with E-state index in [9.17, 15) is 14.4 Å². The van der Waals surface area contributed by atoms with Gasteiger partial charge in [0.1, 0.15) is 23.3 Å². The van der Waals surface area contributed by atoms with E-state index in [1.54, 1.807) is 30.5 Å². The number of carbonyl (C=O) groups is 2. The number of para-hydroxylation sites is 1. The smallest absolute Gasteiger partial charge is 0.297 e. The number of aromatic amines is 1. The lowest BCUT2D eigenvalue weighted by molar-refractivity contribution is -0.122. The maximum Gasteiger partial charge on any atom is 0.297 e. The summed E-state index contributed by atoms with van der Waals surface area (Å²) in [6, 6.07) is 8.72. The van der Waals surface area contributed by atoms with Gasteiger partial charge in [-0.2, -0.15) is 0 Å². The lowest BCUT2D eigenvalue weighted by atomic mass is 10.2. The number of halogens is 1. The molecular formula is C17H12BrN5O4. The number of carbonyl (C=O) groups excluding carboxylic acids is 2. The third-order valence-corrected chi connectivity index (χ3v) is 4.33. The van der Waals surface area contributed by atoms with Gasteiger partial charge in [-0.25, -0.2) is 4.98 Å². The number of rotatable bonds is 3. The van der Waals surface area contributed by atoms with E-state index in [1.807, 2.05) is 6.07 Å². The molecule has 0 bridgehead atoms. The van der Waals surface area contributed by atoms with E-state index >= 15 is 0 Å². The van der Waals surface area contributed by atoms with Gasteiger partial charge in [0.25, 0.3) is 17.4 Å². The number of fused-ring (bicyclic) bond motifs is 3. The van der Waals surface area contributed by atoms with Gasteiger partial charge >= 0.3 is 0 Å². The Labute approximate surface area is 159 Å². The van der Waals surface area contributed by atoms with Crippen LogP contribution >= 0.6 is 15.9 Å². The Morgan fingerprint density at radius 3 is 2.85 bits per heavy atom. The zero-order valence-corrected chi connectivity index (χ0v) is 15.2. The second kappa shape index (κ2) is 6.72. The number of aromatic nitrogens is 3. The summed E-state index contributed by atoms with van der Waals surface area (Å²) < 4.78 is 7.37. The van der Waals surface area contributed by atoms with Crippen LogP contribution in [-0.4, -0.2) is 26.3 Å². The van der Waals surface area contributed by atoms with Gasteiger partial charge in [0.05, 0.1) is 6.33 Å². The summed E-state index contributed by atoms with van der Waals surface area (Å²) in [6.45, 7) is -0.326. The molecule has 0 saturated heterocycles. The predicted molar refractivity (Wildman–Crippen MR) is 99.9 cm³/mol. The summed E-state index contributed by atoms with van der Waals surface area (Å²) in [5, 5.41) is 0.727. The molecule has 0 atom stereocenters. The first-order chi connectivity index (χ1) is 13.0. The summed E-state index contributed by atoms with van der Waals surface area (Å²) in [4.78, 5) is 43.4. The van der Waals surface area contributed by atoms with E-state index in [1.165, 1.54) is 6.33 Å². The molecule has 3 N–H and O–H groups in total. The number of furan rings is 1. The fourth-order valence-corrected chi connectivity index (χ4v) is 2.96. The van der Waals surface area contributed by atoms with E-state index in [0.717, 1.165) is 9.95 Å². The zero-order valence-electron chi connectivity index (χ0n) is 13.7. The van der Waals surface area contributed by atoms with Crippen LogP contribution < -0.4 is 16.4 Å². The molecule has 4 aromatic rings. The Balaban J connectivity index is 1.50. The van der Waals surface area contributed by atoms with Crippen molar-refractivity contribution in [2.24, 2.45) is 0 Å². The molecule has 3 heterocycles. The molecule has 1 aromatic carbocycles. The van der Waals surface area contributed by atoms with Crippen molar-refractivity contribution in [2.75, 3.05) is 0 Å². The van der Waals surface area contributed by atoms with Crippen LogP contribution in [0.2, 0.25) is 0 Å². The largest absolute Gasteiger partial charge is 0.448 e. The molecule has 10 heteroatoms. The van der Waals surface area contributed by atoms with Crippen molar-refractivity contribution in [3.05, 3.63) is 63.4 Å². The first-order valence-electron chi connectivity index (χ1n) is 7.83. The van der Waals surface area contributed by atoms with E-state index < -0.39 is 17.4 Å². The SMILES string of the molecule is O=C(Cn1cnc2c(oc3ccccc32)c1=O)NNC(=O)c1cc(Br)c[nH]1. The Morgan fingerprint density at radius 2 is 2.07 bits per heavy atom. The fraction of sp³-hybridized carbons (Fsp3) is 0.0588. The minimum Gasteiger partial charge on any atom is -0.448 e. The number of hydrogen-bond acceptors (Lipinski definition) is 5. The summed E-state index contributed by atoms with van der Waals surface area (Å²) in [5.74, 6) is -1.11. The van der Waals surface area contributed by atoms with Gasteiger partial charge in [0.2, 0.25) is 5.58 Å². The molecule has 9 nitrogen and oxygen atoms in total. The van der Waals surface area contributed by atoms with Gasteiger partial charge in [-0.05, 0) is 34.1 Å². The van der Waals surface area contributed by atoms with E-state index in [0.29, 0.717) is 15.6 Å². The zero-order chi connectivity index (χ0) is 19.0. The fourth-order valence-electron chi connectivity index (χ4n) is 2.61. The van der Waals surface area contributed by atoms with Crippen molar-refractivity contribution in [1.29, 1.82) is 0 Å². The average molecular weight is 430 g/mol. The highest BCUT2D eigenvalue weighted by Crippen LogP contribution is 2.23. The molecule has 2 amide bonds. The Hall–Kier alpha value is -3.40. The number of nitrogens with one attached hydrogen (secondary N) is 3. The van der Waals surface area contributed by atoms with Gasteiger partial charge in [-0.3, -0.25) is 29.8 Å². The first-order valence-corrected chi connectivity index (χ1v) is 8.62. The van der Waals surface area contributed by atoms with Gasteiger partial charge in [-0.1, -0.05) is 12.1 Å². The molecule has 0 spiro atoms. The van der Waals surface area contributed by atoms with Gasteiger partial charge < -0.3 is 9.40 Å². The summed E-state index contributed by atoms with van der Waals surface area (Å²) in [5.41, 5.74) is 5.36. The van der Waals surface area contributed by atoms with Crippen LogP contribution in [0.25, 0.3) is 22.1 Å². The highest BCUT2D eigenvalue weighted by molar-refractivity contribution is 9.10. The van der Waals surface area contributed by atoms with Crippen LogP contribution in [0.3, 0.4) is 0 Å². The predicted octanol–water partition coefficient (Wildman–Crippen LogP) is 1.69. The van der Waals surface area contributed by atoms with Crippen LogP contribution in [-0.2, 0) is 11.3 Å². The van der Waals surface area contributed by atoms with Crippen LogP contribution in [0.15, 0.2) is 56.5 Å². The van der Waals surface area contributed by atoms with Crippen molar-refractivity contribution in [2.45, 2.75) is 6.54 Å². The number of nitrogens with zero attached hydrogens (tertiary/aromatic N) is 2. The molecule has 27 heavy (non-hydrogen) atoms. The molecule has 0 saturated carbocycles. The Morgan fingerprint density at radius 1 is 1.26 bits per heavy atom. The van der Waals surface area contributed by atoms with Gasteiger partial charge in [0, 0.05) is 16.1 Å². The van der Waals surface area contributed by atoms with Crippen LogP contribution in [0, 0.1) is 0 Å². The van der Waals surface area contributed by atoms with E-state index in [2.05, 4.69) is 36.7 Å². The van der Waals surface area contributed by atoms with Crippen LogP contribution in [0.5, 0.6) is 0 Å². The highest BCUT2D eigenvalue weighted by atomic mass is 79.9. The highest BCUT2D eigenvalue weighted by Gasteiger charge is 2.15. The summed E-state index contributed by atoms with van der Waals surface area (Å²) in [7, 11) is 0. The van der Waals surface area contributed by atoms with E-state index in [4.69, 9.17) is 4.42 Å². The van der Waals surface area contributed by atoms with Crippen LogP contribution in [0.4, 0.5) is 0 Å². The molecule has 0 unspecified atom stereocenters. The molecule has 4 rings (SSSR count). The molecule has 0 radical (unpaired) electrons. The first kappa shape index (κ1) is 17.0. The molecule has 0 fully saturated rings. The van der Waals surface area contributed by atoms with Crippen molar-refractivity contribution >= 4 is 49.8 Å². The summed E-state index contributed by atoms with van der Waals surface area (Å²) >= 11 is 3.21. The minimum atomic E-state index is -0.590. The Kier molecular flexibility index (Phi) is 4.24. The second-order valence-corrected chi connectivity index (χ2v) is 6.60. The molecular weight excluding hydrogens is 418 g/mol. The standard InChI is InChI=1S/C17H12BrN5O4/c18-9-5-11(19-6-9)16(25)22-21-13(24)7-23-8-20-14-10-3-1-2-4-12(10)27-15(14)17(23)26/h1-6,8,19H,7H2,(H,21,24)(H,22,25). The minimum absolute atomic E-state index is 0.0757. The normalized spacial score (nSPS) is 11.0. The van der Waals surface area contributed by atoms with Crippen molar-refractivity contribution in [3.8, 4) is 0 Å². The number of hydrazine groups is 1. The number of amides is 2. The van der Waals surface area contributed by atoms with Crippen molar-refractivity contribution in [1.82, 2.24) is 25.4 Å². The lowest BCUT2D eigenvalue weighted by Crippen LogP contribution is -2.44. The van der Waals surface area contributed by atoms with Gasteiger partial charge in [0.15, 0.2) is 0 Å². The average Bonchev–Trinajstić information content (AvgIpc) is 3.26. The number of benzene rings is 1. The molecule has 0 aliphatic carbocycles. The van der Waals surface area contributed by atoms with Crippen LogP contribution in [0.1, 0.15) is 10.5 Å². The Bertz CT molecular complexity index is 1240. The maximum absolute atomic E-state index is 12.5. The summed E-state index contributed by atoms with van der Waals surface area (Å²) in [6.07, 6.45) is 2.86. The van der Waals surface area contributed by atoms with Gasteiger partial charge in [-0.15, -0.1) is 0 Å². The second-order valence-electron chi connectivity index (χ2n) is 5.69.